The molecule has 9 heteroatoms. The molecule has 0 unspecified atom stereocenters. The fraction of sp³-hybridized carbons (Fsp3) is 0.250. The highest BCUT2D eigenvalue weighted by molar-refractivity contribution is 7.99. The summed E-state index contributed by atoms with van der Waals surface area (Å²) in [4.78, 5) is 40.3. The minimum atomic E-state index is -0.772. The van der Waals surface area contributed by atoms with Gasteiger partial charge in [-0.2, -0.15) is 0 Å². The van der Waals surface area contributed by atoms with Crippen LogP contribution in [0.5, 0.6) is 11.5 Å². The van der Waals surface area contributed by atoms with Crippen molar-refractivity contribution in [3.8, 4) is 17.2 Å². The zero-order valence-corrected chi connectivity index (χ0v) is 17.5. The van der Waals surface area contributed by atoms with Crippen LogP contribution in [0, 0.1) is 13.8 Å². The first-order valence-corrected chi connectivity index (χ1v) is 9.52. The van der Waals surface area contributed by atoms with Gasteiger partial charge in [0.25, 0.3) is 0 Å². The monoisotopic (exact) mass is 415 g/mol. The van der Waals surface area contributed by atoms with Crippen molar-refractivity contribution in [1.82, 2.24) is 14.1 Å². The third-order valence-corrected chi connectivity index (χ3v) is 5.87. The molecule has 1 aromatic heterocycles. The second kappa shape index (κ2) is 8.04. The Hall–Kier alpha value is -3.20. The van der Waals surface area contributed by atoms with E-state index in [1.54, 1.807) is 26.4 Å². The second-order valence-electron chi connectivity index (χ2n) is 6.44. The van der Waals surface area contributed by atoms with E-state index in [2.05, 4.69) is 4.98 Å². The summed E-state index contributed by atoms with van der Waals surface area (Å²) < 4.78 is 12.6. The van der Waals surface area contributed by atoms with Crippen LogP contribution >= 0.6 is 11.8 Å². The summed E-state index contributed by atoms with van der Waals surface area (Å²) in [6.45, 7) is 3.79. The van der Waals surface area contributed by atoms with E-state index in [0.717, 1.165) is 30.1 Å². The Kier molecular flexibility index (Phi) is 5.69. The third kappa shape index (κ3) is 3.86. The largest absolute Gasteiger partial charge is 0.497 e. The van der Waals surface area contributed by atoms with Crippen LogP contribution in [0.4, 0.5) is 0 Å². The van der Waals surface area contributed by atoms with E-state index in [4.69, 9.17) is 9.47 Å². The van der Waals surface area contributed by atoms with Crippen LogP contribution in [0.1, 0.15) is 11.1 Å². The molecule has 0 radical (unpaired) electrons. The van der Waals surface area contributed by atoms with Gasteiger partial charge >= 0.3 is 17.1 Å². The van der Waals surface area contributed by atoms with Gasteiger partial charge in [-0.05, 0) is 55.3 Å². The molecule has 0 saturated heterocycles. The number of aromatic amines is 1. The Bertz CT molecular complexity index is 1230. The number of H-pyrrole nitrogens is 1. The van der Waals surface area contributed by atoms with Gasteiger partial charge in [-0.25, -0.2) is 23.5 Å². The summed E-state index contributed by atoms with van der Waals surface area (Å²) in [7, 11) is 4.52. The fourth-order valence-corrected chi connectivity index (χ4v) is 4.06. The van der Waals surface area contributed by atoms with Crippen molar-refractivity contribution >= 4 is 11.8 Å². The molecule has 0 saturated carbocycles. The number of methoxy groups -OCH3 is 2. The smallest absolute Gasteiger partial charge is 0.340 e. The van der Waals surface area contributed by atoms with Crippen LogP contribution in [0.3, 0.4) is 0 Å². The number of aryl methyl sites for hydroxylation is 2. The van der Waals surface area contributed by atoms with Crippen molar-refractivity contribution in [3.63, 3.8) is 0 Å². The fourth-order valence-electron chi connectivity index (χ4n) is 2.97. The van der Waals surface area contributed by atoms with Crippen LogP contribution < -0.4 is 26.5 Å². The highest BCUT2D eigenvalue weighted by Gasteiger charge is 2.15. The van der Waals surface area contributed by atoms with Crippen LogP contribution in [-0.4, -0.2) is 28.3 Å². The van der Waals surface area contributed by atoms with Gasteiger partial charge in [0.15, 0.2) is 0 Å². The van der Waals surface area contributed by atoms with Gasteiger partial charge < -0.3 is 9.47 Å². The van der Waals surface area contributed by atoms with E-state index in [1.807, 2.05) is 32.0 Å². The molecule has 1 N–H and O–H groups in total. The van der Waals surface area contributed by atoms with Crippen LogP contribution in [-0.2, 0) is 7.05 Å². The number of hydrogen-bond acceptors (Lipinski definition) is 6. The Labute approximate surface area is 170 Å². The number of aromatic nitrogens is 3. The SMILES string of the molecule is COc1ccc(OC)c(Sc2c(C)cc(-n3c(=O)[nH]c(=O)n(C)c3=O)cc2C)c1. The zero-order chi connectivity index (χ0) is 21.3. The Morgan fingerprint density at radius 1 is 0.931 bits per heavy atom. The van der Waals surface area contributed by atoms with E-state index in [9.17, 15) is 14.4 Å². The van der Waals surface area contributed by atoms with Gasteiger partial charge in [0, 0.05) is 11.9 Å². The molecule has 0 spiro atoms. The Morgan fingerprint density at radius 3 is 2.17 bits per heavy atom. The van der Waals surface area contributed by atoms with E-state index < -0.39 is 17.1 Å². The summed E-state index contributed by atoms with van der Waals surface area (Å²) in [6.07, 6.45) is 0. The Morgan fingerprint density at radius 2 is 1.59 bits per heavy atom. The van der Waals surface area contributed by atoms with Crippen LogP contribution in [0.2, 0.25) is 0 Å². The summed E-state index contributed by atoms with van der Waals surface area (Å²) in [5.41, 5.74) is -0.0879. The van der Waals surface area contributed by atoms with E-state index in [0.29, 0.717) is 17.2 Å². The number of nitrogens with one attached hydrogen (secondary N) is 1. The number of nitrogens with zero attached hydrogens (tertiary/aromatic N) is 2. The van der Waals surface area contributed by atoms with E-state index in [1.165, 1.54) is 18.8 Å². The molecule has 0 amide bonds. The molecule has 0 atom stereocenters. The lowest BCUT2D eigenvalue weighted by molar-refractivity contribution is 0.394. The molecule has 2 aromatic carbocycles. The van der Waals surface area contributed by atoms with Crippen molar-refractivity contribution in [2.45, 2.75) is 23.6 Å². The Balaban J connectivity index is 2.12. The lowest BCUT2D eigenvalue weighted by atomic mass is 10.1. The topological polar surface area (TPSA) is 95.3 Å². The molecule has 0 bridgehead atoms. The van der Waals surface area contributed by atoms with Gasteiger partial charge in [0.05, 0.1) is 24.8 Å². The maximum atomic E-state index is 12.4. The predicted octanol–water partition coefficient (Wildman–Crippen LogP) is 2.01. The molecule has 29 heavy (non-hydrogen) atoms. The van der Waals surface area contributed by atoms with E-state index >= 15 is 0 Å². The lowest BCUT2D eigenvalue weighted by Crippen LogP contribution is -2.47. The molecule has 152 valence electrons. The number of rotatable bonds is 5. The molecule has 0 aliphatic heterocycles. The minimum Gasteiger partial charge on any atom is -0.497 e. The first-order chi connectivity index (χ1) is 13.8. The van der Waals surface area contributed by atoms with Gasteiger partial charge in [-0.15, -0.1) is 0 Å². The van der Waals surface area contributed by atoms with Gasteiger partial charge in [-0.1, -0.05) is 11.8 Å². The lowest BCUT2D eigenvalue weighted by Gasteiger charge is -2.15. The van der Waals surface area contributed by atoms with E-state index in [-0.39, 0.29) is 0 Å². The zero-order valence-electron chi connectivity index (χ0n) is 16.7. The van der Waals surface area contributed by atoms with Crippen LogP contribution in [0.15, 0.2) is 54.5 Å². The summed E-state index contributed by atoms with van der Waals surface area (Å²) in [5.74, 6) is 1.42. The van der Waals surface area contributed by atoms with Gasteiger partial charge in [0.2, 0.25) is 0 Å². The highest BCUT2D eigenvalue weighted by Crippen LogP contribution is 2.40. The van der Waals surface area contributed by atoms with Crippen molar-refractivity contribution in [3.05, 3.63) is 72.9 Å². The first kappa shape index (κ1) is 20.5. The average Bonchev–Trinajstić information content (AvgIpc) is 2.68. The summed E-state index contributed by atoms with van der Waals surface area (Å²) in [5, 5.41) is 0. The first-order valence-electron chi connectivity index (χ1n) is 8.70. The van der Waals surface area contributed by atoms with Gasteiger partial charge in [-0.3, -0.25) is 4.98 Å². The molecule has 0 aliphatic rings. The standard InChI is InChI=1S/C20H21N3O5S/c1-11-8-13(23-19(25)21-18(24)22(3)20(23)26)9-12(2)17(11)29-16-10-14(27-4)6-7-15(16)28-5/h6-10H,1-5H3,(H,21,24,25). The quantitative estimate of drug-likeness (QED) is 0.685. The molecular formula is C20H21N3O5S. The molecule has 3 aromatic rings. The van der Waals surface area contributed by atoms with Crippen molar-refractivity contribution in [2.75, 3.05) is 14.2 Å². The highest BCUT2D eigenvalue weighted by atomic mass is 32.2. The number of hydrogen-bond donors (Lipinski definition) is 1. The number of benzene rings is 2. The number of ether oxygens (including phenoxy) is 2. The summed E-state index contributed by atoms with van der Waals surface area (Å²) >= 11 is 1.51. The van der Waals surface area contributed by atoms with Crippen molar-refractivity contribution < 1.29 is 9.47 Å². The summed E-state index contributed by atoms with van der Waals surface area (Å²) in [6, 6.07) is 9.03. The van der Waals surface area contributed by atoms with Crippen molar-refractivity contribution in [1.29, 1.82) is 0 Å². The molecule has 0 aliphatic carbocycles. The molecule has 3 rings (SSSR count). The average molecular weight is 415 g/mol. The third-order valence-electron chi connectivity index (χ3n) is 4.49. The molecular weight excluding hydrogens is 394 g/mol. The van der Waals surface area contributed by atoms with Gasteiger partial charge in [0.1, 0.15) is 11.5 Å². The molecule has 1 heterocycles. The predicted molar refractivity (Wildman–Crippen MR) is 111 cm³/mol. The molecule has 8 nitrogen and oxygen atoms in total. The maximum absolute atomic E-state index is 12.4. The maximum Gasteiger partial charge on any atom is 0.340 e. The molecule has 0 fully saturated rings. The van der Waals surface area contributed by atoms with Crippen LogP contribution in [0.25, 0.3) is 5.69 Å². The minimum absolute atomic E-state index is 0.392. The second-order valence-corrected chi connectivity index (χ2v) is 7.49. The van der Waals surface area contributed by atoms with Crippen molar-refractivity contribution in [2.24, 2.45) is 7.05 Å². The normalized spacial score (nSPS) is 10.8.